The van der Waals surface area contributed by atoms with Crippen LogP contribution >= 0.6 is 0 Å². The molecule has 0 fully saturated rings. The van der Waals surface area contributed by atoms with Gasteiger partial charge in [-0.1, -0.05) is 31.0 Å². The summed E-state index contributed by atoms with van der Waals surface area (Å²) in [5.74, 6) is 1.03. The number of hydrogen-bond acceptors (Lipinski definition) is 4. The minimum Gasteiger partial charge on any atom is -0.351 e. The quantitative estimate of drug-likeness (QED) is 0.802. The number of amides is 1. The van der Waals surface area contributed by atoms with Crippen LogP contribution in [0.25, 0.3) is 0 Å². The van der Waals surface area contributed by atoms with E-state index < -0.39 is 0 Å². The van der Waals surface area contributed by atoms with E-state index in [1.807, 2.05) is 31.2 Å². The van der Waals surface area contributed by atoms with Crippen molar-refractivity contribution in [1.82, 2.24) is 15.3 Å². The lowest BCUT2D eigenvalue weighted by Gasteiger charge is -2.09. The molecule has 1 aromatic carbocycles. The van der Waals surface area contributed by atoms with E-state index in [0.717, 1.165) is 18.5 Å². The number of hydrogen-bond donors (Lipinski definition) is 2. The van der Waals surface area contributed by atoms with Crippen molar-refractivity contribution < 1.29 is 4.79 Å². The minimum absolute atomic E-state index is 0.161. The fraction of sp³-hybridized carbons (Fsp3) is 0.353. The highest BCUT2D eigenvalue weighted by molar-refractivity contribution is 5.93. The van der Waals surface area contributed by atoms with Crippen LogP contribution in [-0.4, -0.2) is 22.4 Å². The van der Waals surface area contributed by atoms with Crippen molar-refractivity contribution in [3.63, 3.8) is 0 Å². The molecular weight excluding hydrogens is 276 g/mol. The van der Waals surface area contributed by atoms with Gasteiger partial charge in [-0.25, -0.2) is 9.97 Å². The van der Waals surface area contributed by atoms with Gasteiger partial charge >= 0.3 is 0 Å². The van der Waals surface area contributed by atoms with Crippen molar-refractivity contribution >= 4 is 17.4 Å². The molecule has 5 nitrogen and oxygen atoms in total. The predicted octanol–water partition coefficient (Wildman–Crippen LogP) is 3.37. The first-order chi connectivity index (χ1) is 10.6. The van der Waals surface area contributed by atoms with E-state index in [-0.39, 0.29) is 5.91 Å². The molecule has 2 aromatic rings. The van der Waals surface area contributed by atoms with Crippen molar-refractivity contribution in [3.05, 3.63) is 47.4 Å². The lowest BCUT2D eigenvalue weighted by molar-refractivity contribution is 0.0948. The standard InChI is InChI=1S/C17H22N4O/c1-4-5-10-18-17(22)15-11-16(20-13(3)19-15)21-14-8-6-12(2)7-9-14/h6-9,11H,4-5,10H2,1-3H3,(H,18,22)(H,19,20,21). The van der Waals surface area contributed by atoms with Gasteiger partial charge in [0, 0.05) is 18.3 Å². The fourth-order valence-electron chi connectivity index (χ4n) is 2.00. The average Bonchev–Trinajstić information content (AvgIpc) is 2.49. The van der Waals surface area contributed by atoms with Gasteiger partial charge < -0.3 is 10.6 Å². The molecule has 0 atom stereocenters. The zero-order valence-corrected chi connectivity index (χ0v) is 13.3. The lowest BCUT2D eigenvalue weighted by atomic mass is 10.2. The highest BCUT2D eigenvalue weighted by Crippen LogP contribution is 2.16. The second-order valence-electron chi connectivity index (χ2n) is 5.29. The van der Waals surface area contributed by atoms with Crippen LogP contribution in [0.15, 0.2) is 30.3 Å². The van der Waals surface area contributed by atoms with Gasteiger partial charge in [-0.05, 0) is 32.4 Å². The van der Waals surface area contributed by atoms with E-state index >= 15 is 0 Å². The molecule has 2 N–H and O–H groups in total. The molecule has 22 heavy (non-hydrogen) atoms. The Morgan fingerprint density at radius 2 is 1.86 bits per heavy atom. The number of aromatic nitrogens is 2. The third kappa shape index (κ3) is 4.55. The Kier molecular flexibility index (Phi) is 5.47. The molecule has 5 heteroatoms. The number of carbonyl (C=O) groups excluding carboxylic acids is 1. The normalized spacial score (nSPS) is 10.3. The Labute approximate surface area is 131 Å². The highest BCUT2D eigenvalue weighted by Gasteiger charge is 2.10. The first kappa shape index (κ1) is 15.9. The summed E-state index contributed by atoms with van der Waals surface area (Å²) in [6.45, 7) is 6.57. The first-order valence-electron chi connectivity index (χ1n) is 7.56. The Morgan fingerprint density at radius 1 is 1.14 bits per heavy atom. The van der Waals surface area contributed by atoms with Crippen LogP contribution in [0.1, 0.15) is 41.6 Å². The van der Waals surface area contributed by atoms with Crippen molar-refractivity contribution in [2.75, 3.05) is 11.9 Å². The summed E-state index contributed by atoms with van der Waals surface area (Å²) in [7, 11) is 0. The van der Waals surface area contributed by atoms with Crippen LogP contribution < -0.4 is 10.6 Å². The second kappa shape index (κ2) is 7.54. The number of unbranched alkanes of at least 4 members (excludes halogenated alkanes) is 1. The molecule has 0 bridgehead atoms. The van der Waals surface area contributed by atoms with E-state index in [9.17, 15) is 4.79 Å². The molecule has 0 unspecified atom stereocenters. The number of benzene rings is 1. The van der Waals surface area contributed by atoms with Gasteiger partial charge in [-0.2, -0.15) is 0 Å². The van der Waals surface area contributed by atoms with E-state index in [4.69, 9.17) is 0 Å². The number of carbonyl (C=O) groups is 1. The Morgan fingerprint density at radius 3 is 2.55 bits per heavy atom. The SMILES string of the molecule is CCCCNC(=O)c1cc(Nc2ccc(C)cc2)nc(C)n1. The Balaban J connectivity index is 2.12. The summed E-state index contributed by atoms with van der Waals surface area (Å²) in [6.07, 6.45) is 2.01. The zero-order chi connectivity index (χ0) is 15.9. The Hall–Kier alpha value is -2.43. The molecule has 0 spiro atoms. The third-order valence-electron chi connectivity index (χ3n) is 3.21. The monoisotopic (exact) mass is 298 g/mol. The van der Waals surface area contributed by atoms with Crippen LogP contribution in [0.5, 0.6) is 0 Å². The van der Waals surface area contributed by atoms with E-state index in [1.54, 1.807) is 13.0 Å². The zero-order valence-electron chi connectivity index (χ0n) is 13.3. The first-order valence-corrected chi connectivity index (χ1v) is 7.56. The third-order valence-corrected chi connectivity index (χ3v) is 3.21. The molecule has 0 aliphatic heterocycles. The van der Waals surface area contributed by atoms with Gasteiger partial charge in [0.25, 0.3) is 5.91 Å². The molecule has 0 radical (unpaired) electrons. The van der Waals surface area contributed by atoms with Crippen LogP contribution in [0.4, 0.5) is 11.5 Å². The molecule has 0 aliphatic rings. The topological polar surface area (TPSA) is 66.9 Å². The maximum absolute atomic E-state index is 12.1. The molecule has 0 saturated carbocycles. The molecule has 1 amide bonds. The van der Waals surface area contributed by atoms with Crippen molar-refractivity contribution in [2.24, 2.45) is 0 Å². The lowest BCUT2D eigenvalue weighted by Crippen LogP contribution is -2.25. The van der Waals surface area contributed by atoms with Gasteiger partial charge in [0.05, 0.1) is 0 Å². The maximum atomic E-state index is 12.1. The van der Waals surface area contributed by atoms with Crippen LogP contribution in [0, 0.1) is 13.8 Å². The summed E-state index contributed by atoms with van der Waals surface area (Å²) in [5.41, 5.74) is 2.51. The van der Waals surface area contributed by atoms with Crippen molar-refractivity contribution in [2.45, 2.75) is 33.6 Å². The summed E-state index contributed by atoms with van der Waals surface area (Å²) in [5, 5.41) is 6.07. The summed E-state index contributed by atoms with van der Waals surface area (Å²) in [6, 6.07) is 9.68. The number of nitrogens with one attached hydrogen (secondary N) is 2. The van der Waals surface area contributed by atoms with Crippen LogP contribution in [-0.2, 0) is 0 Å². The molecular formula is C17H22N4O. The fourth-order valence-corrected chi connectivity index (χ4v) is 2.00. The van der Waals surface area contributed by atoms with Crippen molar-refractivity contribution in [3.8, 4) is 0 Å². The van der Waals surface area contributed by atoms with Gasteiger partial charge in [0.15, 0.2) is 0 Å². The van der Waals surface area contributed by atoms with Crippen molar-refractivity contribution in [1.29, 1.82) is 0 Å². The number of anilines is 2. The van der Waals surface area contributed by atoms with Gasteiger partial charge in [-0.15, -0.1) is 0 Å². The number of rotatable bonds is 6. The van der Waals surface area contributed by atoms with E-state index in [2.05, 4.69) is 27.5 Å². The molecule has 2 rings (SSSR count). The molecule has 0 aliphatic carbocycles. The minimum atomic E-state index is -0.161. The second-order valence-corrected chi connectivity index (χ2v) is 5.29. The number of nitrogens with zero attached hydrogens (tertiary/aromatic N) is 2. The smallest absolute Gasteiger partial charge is 0.270 e. The summed E-state index contributed by atoms with van der Waals surface area (Å²) in [4.78, 5) is 20.6. The predicted molar refractivity (Wildman–Crippen MR) is 88.5 cm³/mol. The molecule has 1 heterocycles. The largest absolute Gasteiger partial charge is 0.351 e. The van der Waals surface area contributed by atoms with Gasteiger partial charge in [-0.3, -0.25) is 4.79 Å². The van der Waals surface area contributed by atoms with Gasteiger partial charge in [0.2, 0.25) is 0 Å². The van der Waals surface area contributed by atoms with Gasteiger partial charge in [0.1, 0.15) is 17.3 Å². The summed E-state index contributed by atoms with van der Waals surface area (Å²) >= 11 is 0. The van der Waals surface area contributed by atoms with E-state index in [1.165, 1.54) is 5.56 Å². The molecule has 116 valence electrons. The molecule has 0 saturated heterocycles. The van der Waals surface area contributed by atoms with E-state index in [0.29, 0.717) is 23.9 Å². The van der Waals surface area contributed by atoms with Crippen LogP contribution in [0.3, 0.4) is 0 Å². The maximum Gasteiger partial charge on any atom is 0.270 e. The Bertz CT molecular complexity index is 638. The highest BCUT2D eigenvalue weighted by atomic mass is 16.1. The number of aryl methyl sites for hydroxylation is 2. The molecule has 1 aromatic heterocycles. The average molecular weight is 298 g/mol. The van der Waals surface area contributed by atoms with Crippen LogP contribution in [0.2, 0.25) is 0 Å². The summed E-state index contributed by atoms with van der Waals surface area (Å²) < 4.78 is 0.